The van der Waals surface area contributed by atoms with Crippen molar-refractivity contribution in [3.05, 3.63) is 97.2 Å². The number of carbonyl (C=O) groups excluding carboxylic acids is 3. The summed E-state index contributed by atoms with van der Waals surface area (Å²) in [5.41, 5.74) is 0. The minimum absolute atomic E-state index is 0.115. The molecular formula is C54H88O6. The maximum atomic E-state index is 12.8. The lowest BCUT2D eigenvalue weighted by Crippen LogP contribution is -2.30. The molecule has 0 saturated heterocycles. The van der Waals surface area contributed by atoms with Crippen molar-refractivity contribution >= 4 is 17.9 Å². The first-order valence-electron chi connectivity index (χ1n) is 24.2. The molecule has 0 aliphatic heterocycles. The summed E-state index contributed by atoms with van der Waals surface area (Å²) >= 11 is 0. The second kappa shape index (κ2) is 48.0. The Bertz CT molecular complexity index is 1230. The smallest absolute Gasteiger partial charge is 0.306 e. The van der Waals surface area contributed by atoms with Gasteiger partial charge >= 0.3 is 17.9 Å². The average molecular weight is 833 g/mol. The van der Waals surface area contributed by atoms with Gasteiger partial charge in [0.2, 0.25) is 0 Å². The summed E-state index contributed by atoms with van der Waals surface area (Å²) in [6, 6.07) is 0. The highest BCUT2D eigenvalue weighted by molar-refractivity contribution is 5.71. The van der Waals surface area contributed by atoms with E-state index in [2.05, 4.69) is 118 Å². The van der Waals surface area contributed by atoms with E-state index < -0.39 is 6.10 Å². The van der Waals surface area contributed by atoms with Crippen molar-refractivity contribution in [2.24, 2.45) is 0 Å². The van der Waals surface area contributed by atoms with Gasteiger partial charge in [0.1, 0.15) is 13.2 Å². The molecule has 340 valence electrons. The van der Waals surface area contributed by atoms with E-state index in [1.807, 2.05) is 0 Å². The van der Waals surface area contributed by atoms with Crippen molar-refractivity contribution in [3.8, 4) is 0 Å². The second-order valence-corrected chi connectivity index (χ2v) is 15.6. The van der Waals surface area contributed by atoms with Gasteiger partial charge in [-0.15, -0.1) is 0 Å². The van der Waals surface area contributed by atoms with Gasteiger partial charge in [-0.2, -0.15) is 0 Å². The fraction of sp³-hybridized carbons (Fsp3) is 0.648. The number of allylic oxidation sites excluding steroid dienone is 16. The topological polar surface area (TPSA) is 78.9 Å². The lowest BCUT2D eigenvalue weighted by Gasteiger charge is -2.18. The van der Waals surface area contributed by atoms with Gasteiger partial charge in [-0.3, -0.25) is 14.4 Å². The number of unbranched alkanes of at least 4 members (excludes halogenated alkanes) is 15. The Kier molecular flexibility index (Phi) is 45.1. The second-order valence-electron chi connectivity index (χ2n) is 15.6. The molecule has 0 aromatic heterocycles. The quantitative estimate of drug-likeness (QED) is 0.0264. The fourth-order valence-corrected chi connectivity index (χ4v) is 6.26. The van der Waals surface area contributed by atoms with Crippen LogP contribution in [0.15, 0.2) is 97.2 Å². The van der Waals surface area contributed by atoms with Crippen LogP contribution in [-0.2, 0) is 28.6 Å². The maximum Gasteiger partial charge on any atom is 0.306 e. The lowest BCUT2D eigenvalue weighted by molar-refractivity contribution is -0.167. The van der Waals surface area contributed by atoms with Crippen molar-refractivity contribution in [1.29, 1.82) is 0 Å². The molecule has 0 spiro atoms. The van der Waals surface area contributed by atoms with Crippen molar-refractivity contribution < 1.29 is 28.6 Å². The third-order valence-corrected chi connectivity index (χ3v) is 9.83. The molecule has 0 N–H and O–H groups in total. The lowest BCUT2D eigenvalue weighted by atomic mass is 10.0. The van der Waals surface area contributed by atoms with Crippen molar-refractivity contribution in [1.82, 2.24) is 0 Å². The van der Waals surface area contributed by atoms with E-state index in [1.165, 1.54) is 64.2 Å². The molecular weight excluding hydrogens is 745 g/mol. The summed E-state index contributed by atoms with van der Waals surface area (Å²) in [5.74, 6) is -1.02. The van der Waals surface area contributed by atoms with Gasteiger partial charge in [-0.1, -0.05) is 195 Å². The number of rotatable bonds is 42. The molecule has 0 rings (SSSR count). The zero-order chi connectivity index (χ0) is 43.7. The molecule has 1 unspecified atom stereocenters. The molecule has 0 amide bonds. The summed E-state index contributed by atoms with van der Waals surface area (Å²) < 4.78 is 16.7. The molecule has 0 saturated carbocycles. The molecule has 0 fully saturated rings. The van der Waals surface area contributed by atoms with Gasteiger partial charge < -0.3 is 14.2 Å². The SMILES string of the molecule is CC/C=C\C/C=C\C/C=C\C/C=C\C/C=C\CCCC(=O)OCC(COC(=O)CCCC/C=C\C/C=C\C/C=C\CC)OC(=O)CCCCCCCCCCCCCCC. The third-order valence-electron chi connectivity index (χ3n) is 9.83. The summed E-state index contributed by atoms with van der Waals surface area (Å²) in [5, 5.41) is 0. The number of carbonyl (C=O) groups is 3. The normalized spacial score (nSPS) is 12.9. The van der Waals surface area contributed by atoms with Crippen LogP contribution in [0.2, 0.25) is 0 Å². The van der Waals surface area contributed by atoms with Crippen LogP contribution in [-0.4, -0.2) is 37.2 Å². The van der Waals surface area contributed by atoms with Crippen LogP contribution in [0.4, 0.5) is 0 Å². The zero-order valence-corrected chi connectivity index (χ0v) is 38.7. The molecule has 0 radical (unpaired) electrons. The van der Waals surface area contributed by atoms with Crippen LogP contribution in [0.5, 0.6) is 0 Å². The van der Waals surface area contributed by atoms with E-state index in [0.717, 1.165) is 96.3 Å². The van der Waals surface area contributed by atoms with E-state index in [0.29, 0.717) is 19.3 Å². The molecule has 0 aromatic carbocycles. The van der Waals surface area contributed by atoms with Gasteiger partial charge in [0.15, 0.2) is 6.10 Å². The minimum atomic E-state index is -0.813. The summed E-state index contributed by atoms with van der Waals surface area (Å²) in [6.07, 6.45) is 62.6. The predicted octanol–water partition coefficient (Wildman–Crippen LogP) is 15.8. The number of hydrogen-bond acceptors (Lipinski definition) is 6. The van der Waals surface area contributed by atoms with E-state index in [9.17, 15) is 14.4 Å². The van der Waals surface area contributed by atoms with Crippen LogP contribution in [0.1, 0.15) is 207 Å². The van der Waals surface area contributed by atoms with Crippen LogP contribution in [0, 0.1) is 0 Å². The van der Waals surface area contributed by atoms with Gasteiger partial charge in [0.25, 0.3) is 0 Å². The molecule has 6 nitrogen and oxygen atoms in total. The Labute approximate surface area is 368 Å². The van der Waals surface area contributed by atoms with E-state index >= 15 is 0 Å². The first kappa shape index (κ1) is 56.3. The summed E-state index contributed by atoms with van der Waals surface area (Å²) in [4.78, 5) is 37.8. The van der Waals surface area contributed by atoms with Crippen molar-refractivity contribution in [3.63, 3.8) is 0 Å². The van der Waals surface area contributed by atoms with E-state index in [1.54, 1.807) is 0 Å². The van der Waals surface area contributed by atoms with Crippen molar-refractivity contribution in [2.75, 3.05) is 13.2 Å². The Balaban J connectivity index is 4.52. The molecule has 0 aliphatic carbocycles. The maximum absolute atomic E-state index is 12.8. The fourth-order valence-electron chi connectivity index (χ4n) is 6.26. The zero-order valence-electron chi connectivity index (χ0n) is 38.7. The standard InChI is InChI=1S/C54H88O6/c1-4-7-10-13-16-19-22-25-26-27-28-30-32-35-38-41-44-47-53(56)59-50-51(49-58-52(55)46-43-40-37-34-31-24-21-18-15-12-9-6-3)60-54(57)48-45-42-39-36-33-29-23-20-17-14-11-8-5-2/h7,9-10,12,16,18-19,21,25-26,28,30-31,34-35,38,51H,4-6,8,11,13-15,17,20,22-24,27,29,32-33,36-37,39-50H2,1-3H3/b10-7-,12-9-,19-16-,21-18-,26-25-,30-28-,34-31-,38-35-. The van der Waals surface area contributed by atoms with Crippen molar-refractivity contribution in [2.45, 2.75) is 213 Å². The Morgan fingerprint density at radius 2 is 0.667 bits per heavy atom. The average Bonchev–Trinajstić information content (AvgIpc) is 3.24. The number of ether oxygens (including phenoxy) is 3. The largest absolute Gasteiger partial charge is 0.462 e. The molecule has 60 heavy (non-hydrogen) atoms. The number of esters is 3. The Morgan fingerprint density at radius 1 is 0.350 bits per heavy atom. The summed E-state index contributed by atoms with van der Waals surface area (Å²) in [7, 11) is 0. The molecule has 0 bridgehead atoms. The van der Waals surface area contributed by atoms with Crippen LogP contribution < -0.4 is 0 Å². The van der Waals surface area contributed by atoms with Gasteiger partial charge in [-0.05, 0) is 89.9 Å². The first-order valence-corrected chi connectivity index (χ1v) is 24.2. The van der Waals surface area contributed by atoms with E-state index in [4.69, 9.17) is 14.2 Å². The molecule has 0 heterocycles. The van der Waals surface area contributed by atoms with Crippen LogP contribution in [0.3, 0.4) is 0 Å². The Morgan fingerprint density at radius 3 is 1.08 bits per heavy atom. The summed E-state index contributed by atoms with van der Waals surface area (Å²) in [6.45, 7) is 6.30. The predicted molar refractivity (Wildman–Crippen MR) is 256 cm³/mol. The van der Waals surface area contributed by atoms with E-state index in [-0.39, 0.29) is 37.5 Å². The highest BCUT2D eigenvalue weighted by Crippen LogP contribution is 2.14. The monoisotopic (exact) mass is 833 g/mol. The Hall–Kier alpha value is -3.67. The molecule has 1 atom stereocenters. The first-order chi connectivity index (χ1) is 29.5. The van der Waals surface area contributed by atoms with Crippen LogP contribution >= 0.6 is 0 Å². The van der Waals surface area contributed by atoms with Gasteiger partial charge in [0, 0.05) is 19.3 Å². The van der Waals surface area contributed by atoms with Gasteiger partial charge in [0.05, 0.1) is 0 Å². The minimum Gasteiger partial charge on any atom is -0.462 e. The molecule has 6 heteroatoms. The molecule has 0 aromatic rings. The third kappa shape index (κ3) is 45.4. The van der Waals surface area contributed by atoms with Crippen LogP contribution in [0.25, 0.3) is 0 Å². The highest BCUT2D eigenvalue weighted by Gasteiger charge is 2.19. The highest BCUT2D eigenvalue weighted by atomic mass is 16.6. The number of hydrogen-bond donors (Lipinski definition) is 0. The van der Waals surface area contributed by atoms with Gasteiger partial charge in [-0.25, -0.2) is 0 Å². The molecule has 0 aliphatic rings.